The Morgan fingerprint density at radius 1 is 1.03 bits per heavy atom. The molecule has 1 fully saturated rings. The average molecular weight is 532 g/mol. The Labute approximate surface area is 227 Å². The van der Waals surface area contributed by atoms with Crippen LogP contribution in [0.15, 0.2) is 70.9 Å². The number of benzene rings is 2. The van der Waals surface area contributed by atoms with Gasteiger partial charge >= 0.3 is 11.9 Å². The van der Waals surface area contributed by atoms with Crippen LogP contribution in [0.3, 0.4) is 0 Å². The summed E-state index contributed by atoms with van der Waals surface area (Å²) < 4.78 is 10.3. The van der Waals surface area contributed by atoms with Crippen molar-refractivity contribution in [3.05, 3.63) is 77.0 Å². The number of aliphatic imine (C=N–C) groups is 1. The fourth-order valence-electron chi connectivity index (χ4n) is 6.35. The van der Waals surface area contributed by atoms with Gasteiger partial charge in [-0.3, -0.25) is 9.69 Å². The number of anilines is 1. The van der Waals surface area contributed by atoms with Gasteiger partial charge in [0.25, 0.3) is 0 Å². The number of fused-ring (bicyclic) bond motifs is 1. The highest BCUT2D eigenvalue weighted by Crippen LogP contribution is 2.58. The second-order valence-electron chi connectivity index (χ2n) is 10.6. The zero-order valence-corrected chi connectivity index (χ0v) is 22.6. The maximum Gasteiger partial charge on any atom is 0.357 e. The number of rotatable bonds is 7. The van der Waals surface area contributed by atoms with Crippen molar-refractivity contribution >= 4 is 29.4 Å². The molecule has 204 valence electrons. The first-order chi connectivity index (χ1) is 18.8. The lowest BCUT2D eigenvalue weighted by Crippen LogP contribution is -2.55. The summed E-state index contributed by atoms with van der Waals surface area (Å²) in [5.74, 6) is -1.26. The number of likely N-dealkylation sites (tertiary alicyclic amines) is 1. The van der Waals surface area contributed by atoms with Crippen molar-refractivity contribution in [2.45, 2.75) is 50.7 Å². The van der Waals surface area contributed by atoms with Gasteiger partial charge in [-0.15, -0.1) is 0 Å². The number of nitrogens with zero attached hydrogens (tertiary/aromatic N) is 3. The molecule has 2 aromatic carbocycles. The Kier molecular flexibility index (Phi) is 7.03. The summed E-state index contributed by atoms with van der Waals surface area (Å²) in [5, 5.41) is 10.5. The van der Waals surface area contributed by atoms with Gasteiger partial charge in [-0.2, -0.15) is 0 Å². The SMILES string of the molecule is COC(=O)C1=C(C(=O)OC)[C@@H]2N(Cc3ccccc3)c3ccccc3[C@@]23C[C@@H](CO)N(C(=O)CC(C)C)C3=N1. The smallest absolute Gasteiger partial charge is 0.357 e. The van der Waals surface area contributed by atoms with Crippen LogP contribution in [0.4, 0.5) is 5.69 Å². The van der Waals surface area contributed by atoms with E-state index in [-0.39, 0.29) is 36.1 Å². The molecule has 3 aliphatic heterocycles. The van der Waals surface area contributed by atoms with Crippen molar-refractivity contribution in [3.63, 3.8) is 0 Å². The number of carbonyl (C=O) groups is 3. The number of para-hydroxylation sites is 1. The molecule has 0 bridgehead atoms. The van der Waals surface area contributed by atoms with Crippen molar-refractivity contribution < 1.29 is 29.0 Å². The van der Waals surface area contributed by atoms with Crippen LogP contribution in [0.25, 0.3) is 0 Å². The molecule has 0 aromatic heterocycles. The van der Waals surface area contributed by atoms with Crippen molar-refractivity contribution in [1.82, 2.24) is 4.90 Å². The lowest BCUT2D eigenvalue weighted by Gasteiger charge is -2.40. The molecular formula is C30H33N3O6. The number of amidine groups is 1. The van der Waals surface area contributed by atoms with Gasteiger partial charge in [0.15, 0.2) is 5.70 Å². The molecule has 39 heavy (non-hydrogen) atoms. The molecule has 3 atom stereocenters. The normalized spacial score (nSPS) is 23.3. The first-order valence-corrected chi connectivity index (χ1v) is 13.1. The molecule has 9 heteroatoms. The third-order valence-electron chi connectivity index (χ3n) is 7.81. The van der Waals surface area contributed by atoms with Crippen LogP contribution in [0, 0.1) is 5.92 Å². The van der Waals surface area contributed by atoms with E-state index in [4.69, 9.17) is 14.5 Å². The third kappa shape index (κ3) is 4.12. The Hall–Kier alpha value is -3.98. The molecule has 0 aliphatic carbocycles. The van der Waals surface area contributed by atoms with Gasteiger partial charge in [-0.1, -0.05) is 62.4 Å². The molecule has 2 aromatic rings. The quantitative estimate of drug-likeness (QED) is 0.547. The van der Waals surface area contributed by atoms with Crippen LogP contribution in [0.5, 0.6) is 0 Å². The number of ether oxygens (including phenoxy) is 2. The number of aliphatic hydroxyl groups is 1. The number of hydrogen-bond donors (Lipinski definition) is 1. The molecule has 5 rings (SSSR count). The number of carbonyl (C=O) groups excluding carboxylic acids is 3. The lowest BCUT2D eigenvalue weighted by atomic mass is 9.69. The van der Waals surface area contributed by atoms with Crippen LogP contribution in [-0.4, -0.2) is 66.6 Å². The molecule has 1 amide bonds. The topological polar surface area (TPSA) is 109 Å². The van der Waals surface area contributed by atoms with E-state index >= 15 is 0 Å². The maximum absolute atomic E-state index is 13.7. The van der Waals surface area contributed by atoms with Crippen LogP contribution >= 0.6 is 0 Å². The molecule has 0 radical (unpaired) electrons. The molecule has 3 heterocycles. The predicted octanol–water partition coefficient (Wildman–Crippen LogP) is 2.96. The summed E-state index contributed by atoms with van der Waals surface area (Å²) in [6, 6.07) is 16.3. The number of esters is 2. The number of methoxy groups -OCH3 is 2. The Morgan fingerprint density at radius 2 is 1.69 bits per heavy atom. The van der Waals surface area contributed by atoms with E-state index in [0.717, 1.165) is 16.8 Å². The molecule has 1 spiro atoms. The predicted molar refractivity (Wildman–Crippen MR) is 145 cm³/mol. The van der Waals surface area contributed by atoms with Gasteiger partial charge in [-0.05, 0) is 29.5 Å². The molecular weight excluding hydrogens is 498 g/mol. The average Bonchev–Trinajstić information content (AvgIpc) is 3.42. The van der Waals surface area contributed by atoms with Crippen LogP contribution < -0.4 is 4.90 Å². The van der Waals surface area contributed by atoms with Gasteiger partial charge in [0.2, 0.25) is 5.91 Å². The largest absolute Gasteiger partial charge is 0.466 e. The summed E-state index contributed by atoms with van der Waals surface area (Å²) in [5.41, 5.74) is 1.66. The highest BCUT2D eigenvalue weighted by atomic mass is 16.5. The fourth-order valence-corrected chi connectivity index (χ4v) is 6.35. The maximum atomic E-state index is 13.7. The summed E-state index contributed by atoms with van der Waals surface area (Å²) in [7, 11) is 2.49. The van der Waals surface area contributed by atoms with E-state index in [9.17, 15) is 19.5 Å². The van der Waals surface area contributed by atoms with Gasteiger partial charge in [0, 0.05) is 18.7 Å². The summed E-state index contributed by atoms with van der Waals surface area (Å²) in [6.45, 7) is 4.03. The highest BCUT2D eigenvalue weighted by Gasteiger charge is 2.66. The molecule has 3 aliphatic rings. The molecule has 0 unspecified atom stereocenters. The molecule has 1 N–H and O–H groups in total. The van der Waals surface area contributed by atoms with Crippen molar-refractivity contribution in [3.8, 4) is 0 Å². The van der Waals surface area contributed by atoms with E-state index in [2.05, 4.69) is 4.90 Å². The van der Waals surface area contributed by atoms with Crippen molar-refractivity contribution in [1.29, 1.82) is 0 Å². The van der Waals surface area contributed by atoms with Gasteiger partial charge in [0.05, 0.1) is 43.9 Å². The highest BCUT2D eigenvalue weighted by molar-refractivity contribution is 6.15. The number of amides is 1. The van der Waals surface area contributed by atoms with Crippen molar-refractivity contribution in [2.24, 2.45) is 10.9 Å². The van der Waals surface area contributed by atoms with E-state index < -0.39 is 29.4 Å². The van der Waals surface area contributed by atoms with E-state index in [0.29, 0.717) is 18.8 Å². The first-order valence-electron chi connectivity index (χ1n) is 13.1. The second kappa shape index (κ2) is 10.3. The molecule has 1 saturated heterocycles. The summed E-state index contributed by atoms with van der Waals surface area (Å²) in [4.78, 5) is 48.7. The molecule has 9 nitrogen and oxygen atoms in total. The minimum atomic E-state index is -0.980. The first kappa shape index (κ1) is 26.6. The standard InChI is InChI=1S/C30H33N3O6/c1-18(2)14-23(35)33-20(17-34)15-30-21-12-8-9-13-22(21)32(16-19-10-6-5-7-11-19)26(30)24(27(36)38-3)25(28(37)39-4)31-29(30)33/h5-13,18,20,26,34H,14-17H2,1-4H3/t20-,26-,30-/m0/s1. The number of aliphatic hydroxyl groups excluding tert-OH is 1. The summed E-state index contributed by atoms with van der Waals surface area (Å²) in [6.07, 6.45) is 0.570. The van der Waals surface area contributed by atoms with Crippen LogP contribution in [0.1, 0.15) is 37.8 Å². The van der Waals surface area contributed by atoms with E-state index in [1.54, 1.807) is 4.90 Å². The van der Waals surface area contributed by atoms with E-state index in [1.165, 1.54) is 14.2 Å². The minimum Gasteiger partial charge on any atom is -0.466 e. The van der Waals surface area contributed by atoms with Gasteiger partial charge in [-0.25, -0.2) is 14.6 Å². The summed E-state index contributed by atoms with van der Waals surface area (Å²) >= 11 is 0. The van der Waals surface area contributed by atoms with Gasteiger partial charge < -0.3 is 19.5 Å². The van der Waals surface area contributed by atoms with Gasteiger partial charge in [0.1, 0.15) is 5.84 Å². The number of hydrogen-bond acceptors (Lipinski definition) is 8. The van der Waals surface area contributed by atoms with Crippen LogP contribution in [-0.2, 0) is 35.8 Å². The van der Waals surface area contributed by atoms with Crippen molar-refractivity contribution in [2.75, 3.05) is 25.7 Å². The lowest BCUT2D eigenvalue weighted by molar-refractivity contribution is -0.139. The monoisotopic (exact) mass is 531 g/mol. The third-order valence-corrected chi connectivity index (χ3v) is 7.81. The second-order valence-corrected chi connectivity index (χ2v) is 10.6. The van der Waals surface area contributed by atoms with E-state index in [1.807, 2.05) is 68.4 Å². The zero-order chi connectivity index (χ0) is 27.9. The Balaban J connectivity index is 1.82. The Bertz CT molecular complexity index is 1370. The van der Waals surface area contributed by atoms with Crippen LogP contribution in [0.2, 0.25) is 0 Å². The molecule has 0 saturated carbocycles. The minimum absolute atomic E-state index is 0.0695. The fraction of sp³-hybridized carbons (Fsp3) is 0.400. The zero-order valence-electron chi connectivity index (χ0n) is 22.6. The Morgan fingerprint density at radius 3 is 2.33 bits per heavy atom.